The third kappa shape index (κ3) is 4.81. The predicted octanol–water partition coefficient (Wildman–Crippen LogP) is 3.65. The van der Waals surface area contributed by atoms with Gasteiger partial charge >= 0.3 is 0 Å². The van der Waals surface area contributed by atoms with E-state index in [1.807, 2.05) is 19.2 Å². The molecule has 0 radical (unpaired) electrons. The van der Waals surface area contributed by atoms with Gasteiger partial charge in [-0.25, -0.2) is 4.98 Å². The quantitative estimate of drug-likeness (QED) is 0.853. The van der Waals surface area contributed by atoms with Crippen LogP contribution in [0.4, 0.5) is 5.69 Å². The van der Waals surface area contributed by atoms with Gasteiger partial charge in [0.25, 0.3) is 0 Å². The fraction of sp³-hybridized carbons (Fsp3) is 0.333. The molecule has 2 N–H and O–H groups in total. The molecule has 6 heteroatoms. The van der Waals surface area contributed by atoms with E-state index in [0.29, 0.717) is 10.7 Å². The summed E-state index contributed by atoms with van der Waals surface area (Å²) in [6.45, 7) is 4.34. The highest BCUT2D eigenvalue weighted by atomic mass is 35.5. The fourth-order valence-electron chi connectivity index (χ4n) is 1.79. The number of amides is 1. The molecule has 0 bridgehead atoms. The van der Waals surface area contributed by atoms with Crippen molar-refractivity contribution in [3.8, 4) is 0 Å². The molecule has 0 saturated carbocycles. The number of hydrogen-bond donors (Lipinski definition) is 2. The summed E-state index contributed by atoms with van der Waals surface area (Å²) in [5.41, 5.74) is 0.699. The van der Waals surface area contributed by atoms with Crippen LogP contribution in [0.25, 0.3) is 0 Å². The van der Waals surface area contributed by atoms with Crippen molar-refractivity contribution in [2.24, 2.45) is 0 Å². The standard InChI is InChI=1S/C15H18ClN3OS/c1-3-13-8-18-15(21-13)10(2)17-9-14(20)19-12-6-4-5-11(16)7-12/h4-8,10,17H,3,9H2,1-2H3,(H,19,20). The summed E-state index contributed by atoms with van der Waals surface area (Å²) >= 11 is 7.55. The zero-order chi connectivity index (χ0) is 15.2. The third-order valence-corrected chi connectivity index (χ3v) is 4.53. The molecule has 0 fully saturated rings. The Morgan fingerprint density at radius 1 is 1.48 bits per heavy atom. The number of rotatable bonds is 6. The van der Waals surface area contributed by atoms with Gasteiger partial charge in [-0.1, -0.05) is 24.6 Å². The zero-order valence-corrected chi connectivity index (χ0v) is 13.6. The number of aryl methyl sites for hydroxylation is 1. The highest BCUT2D eigenvalue weighted by Gasteiger charge is 2.11. The molecular formula is C15H18ClN3OS. The van der Waals surface area contributed by atoms with Crippen LogP contribution in [0, 0.1) is 0 Å². The molecule has 0 aliphatic carbocycles. The minimum absolute atomic E-state index is 0.0559. The summed E-state index contributed by atoms with van der Waals surface area (Å²) in [5.74, 6) is -0.101. The number of carbonyl (C=O) groups excluding carboxylic acids is 1. The number of aromatic nitrogens is 1. The van der Waals surface area contributed by atoms with Crippen LogP contribution in [0.1, 0.15) is 29.8 Å². The molecule has 0 saturated heterocycles. The van der Waals surface area contributed by atoms with Gasteiger partial charge < -0.3 is 5.32 Å². The van der Waals surface area contributed by atoms with Crippen molar-refractivity contribution in [2.75, 3.05) is 11.9 Å². The van der Waals surface area contributed by atoms with Crippen LogP contribution in [-0.4, -0.2) is 17.4 Å². The van der Waals surface area contributed by atoms with E-state index in [9.17, 15) is 4.79 Å². The van der Waals surface area contributed by atoms with Crippen molar-refractivity contribution in [3.05, 3.63) is 45.4 Å². The molecule has 4 nitrogen and oxygen atoms in total. The Bertz CT molecular complexity index is 614. The highest BCUT2D eigenvalue weighted by molar-refractivity contribution is 7.11. The van der Waals surface area contributed by atoms with Gasteiger partial charge in [0.2, 0.25) is 5.91 Å². The maximum Gasteiger partial charge on any atom is 0.238 e. The van der Waals surface area contributed by atoms with Gasteiger partial charge in [0.15, 0.2) is 0 Å². The summed E-state index contributed by atoms with van der Waals surface area (Å²) in [4.78, 5) is 17.5. The van der Waals surface area contributed by atoms with E-state index < -0.39 is 0 Å². The van der Waals surface area contributed by atoms with Crippen LogP contribution in [0.15, 0.2) is 30.5 Å². The average Bonchev–Trinajstić information content (AvgIpc) is 2.94. The third-order valence-electron chi connectivity index (χ3n) is 2.97. The molecular weight excluding hydrogens is 306 g/mol. The van der Waals surface area contributed by atoms with Gasteiger partial charge in [0.05, 0.1) is 12.6 Å². The number of thiazole rings is 1. The minimum atomic E-state index is -0.101. The zero-order valence-electron chi connectivity index (χ0n) is 12.0. The van der Waals surface area contributed by atoms with Crippen molar-refractivity contribution in [1.29, 1.82) is 0 Å². The van der Waals surface area contributed by atoms with Crippen molar-refractivity contribution in [3.63, 3.8) is 0 Å². The van der Waals surface area contributed by atoms with E-state index >= 15 is 0 Å². The lowest BCUT2D eigenvalue weighted by atomic mass is 10.3. The Labute approximate surface area is 133 Å². The number of anilines is 1. The molecule has 21 heavy (non-hydrogen) atoms. The van der Waals surface area contributed by atoms with Crippen molar-refractivity contribution >= 4 is 34.5 Å². The van der Waals surface area contributed by atoms with Crippen LogP contribution in [0.2, 0.25) is 5.02 Å². The normalized spacial score (nSPS) is 12.1. The maximum absolute atomic E-state index is 11.9. The van der Waals surface area contributed by atoms with Gasteiger partial charge in [-0.15, -0.1) is 11.3 Å². The first-order chi connectivity index (χ1) is 10.1. The number of hydrogen-bond acceptors (Lipinski definition) is 4. The van der Waals surface area contributed by atoms with E-state index in [1.165, 1.54) is 4.88 Å². The fourth-order valence-corrected chi connectivity index (χ4v) is 2.86. The topological polar surface area (TPSA) is 54.0 Å². The van der Waals surface area contributed by atoms with E-state index in [4.69, 9.17) is 11.6 Å². The van der Waals surface area contributed by atoms with Crippen molar-refractivity contribution < 1.29 is 4.79 Å². The van der Waals surface area contributed by atoms with E-state index in [1.54, 1.807) is 29.5 Å². The number of carbonyl (C=O) groups is 1. The summed E-state index contributed by atoms with van der Waals surface area (Å²) in [6.07, 6.45) is 2.88. The Balaban J connectivity index is 1.83. The molecule has 1 unspecified atom stereocenters. The number of halogens is 1. The SMILES string of the molecule is CCc1cnc(C(C)NCC(=O)Nc2cccc(Cl)c2)s1. The molecule has 0 aliphatic rings. The van der Waals surface area contributed by atoms with Gasteiger partial charge in [0.1, 0.15) is 5.01 Å². The van der Waals surface area contributed by atoms with Gasteiger partial charge in [-0.3, -0.25) is 10.1 Å². The summed E-state index contributed by atoms with van der Waals surface area (Å²) in [5, 5.41) is 7.58. The number of benzene rings is 1. The summed E-state index contributed by atoms with van der Waals surface area (Å²) in [7, 11) is 0. The summed E-state index contributed by atoms with van der Waals surface area (Å²) < 4.78 is 0. The molecule has 1 atom stereocenters. The second-order valence-electron chi connectivity index (χ2n) is 4.68. The Kier molecular flexibility index (Phi) is 5.73. The van der Waals surface area contributed by atoms with Gasteiger partial charge in [-0.2, -0.15) is 0 Å². The summed E-state index contributed by atoms with van der Waals surface area (Å²) in [6, 6.07) is 7.15. The Morgan fingerprint density at radius 3 is 2.95 bits per heavy atom. The van der Waals surface area contributed by atoms with E-state index in [0.717, 1.165) is 11.4 Å². The van der Waals surface area contributed by atoms with Crippen molar-refractivity contribution in [1.82, 2.24) is 10.3 Å². The molecule has 1 aromatic carbocycles. The first kappa shape index (κ1) is 15.9. The van der Waals surface area contributed by atoms with Crippen molar-refractivity contribution in [2.45, 2.75) is 26.3 Å². The van der Waals surface area contributed by atoms with Crippen LogP contribution < -0.4 is 10.6 Å². The molecule has 2 rings (SSSR count). The van der Waals surface area contributed by atoms with Gasteiger partial charge in [0, 0.05) is 21.8 Å². The largest absolute Gasteiger partial charge is 0.325 e. The molecule has 1 heterocycles. The lowest BCUT2D eigenvalue weighted by molar-refractivity contribution is -0.115. The second kappa shape index (κ2) is 7.54. The molecule has 0 spiro atoms. The number of nitrogens with zero attached hydrogens (tertiary/aromatic N) is 1. The smallest absolute Gasteiger partial charge is 0.238 e. The lowest BCUT2D eigenvalue weighted by Crippen LogP contribution is -2.30. The first-order valence-electron chi connectivity index (χ1n) is 6.82. The van der Waals surface area contributed by atoms with Gasteiger partial charge in [-0.05, 0) is 31.5 Å². The monoisotopic (exact) mass is 323 g/mol. The van der Waals surface area contributed by atoms with Crippen LogP contribution >= 0.6 is 22.9 Å². The molecule has 1 aromatic heterocycles. The highest BCUT2D eigenvalue weighted by Crippen LogP contribution is 2.20. The van der Waals surface area contributed by atoms with Crippen LogP contribution in [0.5, 0.6) is 0 Å². The Hall–Kier alpha value is -1.43. The molecule has 112 valence electrons. The second-order valence-corrected chi connectivity index (χ2v) is 6.26. The average molecular weight is 324 g/mol. The maximum atomic E-state index is 11.9. The van der Waals surface area contributed by atoms with E-state index in [2.05, 4.69) is 22.5 Å². The van der Waals surface area contributed by atoms with E-state index in [-0.39, 0.29) is 18.5 Å². The number of nitrogens with one attached hydrogen (secondary N) is 2. The molecule has 1 amide bonds. The molecule has 2 aromatic rings. The minimum Gasteiger partial charge on any atom is -0.325 e. The Morgan fingerprint density at radius 2 is 2.29 bits per heavy atom. The first-order valence-corrected chi connectivity index (χ1v) is 8.01. The van der Waals surface area contributed by atoms with Crippen LogP contribution in [0.3, 0.4) is 0 Å². The van der Waals surface area contributed by atoms with Crippen LogP contribution in [-0.2, 0) is 11.2 Å². The predicted molar refractivity (Wildman–Crippen MR) is 88.0 cm³/mol. The lowest BCUT2D eigenvalue weighted by Gasteiger charge is -2.11. The molecule has 0 aliphatic heterocycles.